The summed E-state index contributed by atoms with van der Waals surface area (Å²) in [6.07, 6.45) is 0. The fourth-order valence-corrected chi connectivity index (χ4v) is 4.24. The highest BCUT2D eigenvalue weighted by Crippen LogP contribution is 2.19. The highest BCUT2D eigenvalue weighted by molar-refractivity contribution is 7.99. The SMILES string of the molecule is C[C@@H](NC(=O)N1CCN(c2ccc(Cl)cc2)CC1)C(=O)N1CCSCC1. The number of hydrogen-bond donors (Lipinski definition) is 1. The number of carbonyl (C=O) groups excluding carboxylic acids is 2. The number of halogens is 1. The molecule has 0 spiro atoms. The average molecular weight is 397 g/mol. The van der Waals surface area contributed by atoms with Crippen molar-refractivity contribution in [1.29, 1.82) is 0 Å². The summed E-state index contributed by atoms with van der Waals surface area (Å²) in [5, 5.41) is 3.58. The van der Waals surface area contributed by atoms with Crippen LogP contribution in [-0.4, -0.2) is 78.6 Å². The standard InChI is InChI=1S/C18H25ClN4O2S/c1-14(17(24)22-10-12-26-13-11-22)20-18(25)23-8-6-21(7-9-23)16-4-2-15(19)3-5-16/h2-5,14H,6-13H2,1H3,(H,20,25)/t14-/m1/s1. The van der Waals surface area contributed by atoms with E-state index in [4.69, 9.17) is 11.6 Å². The summed E-state index contributed by atoms with van der Waals surface area (Å²) in [4.78, 5) is 30.8. The molecule has 6 nitrogen and oxygen atoms in total. The molecule has 2 aliphatic heterocycles. The van der Waals surface area contributed by atoms with Gasteiger partial charge in [0.1, 0.15) is 6.04 Å². The molecule has 1 aromatic carbocycles. The molecular weight excluding hydrogens is 372 g/mol. The zero-order chi connectivity index (χ0) is 18.5. The van der Waals surface area contributed by atoms with Gasteiger partial charge in [0, 0.05) is 61.5 Å². The second-order valence-corrected chi connectivity index (χ2v) is 8.22. The van der Waals surface area contributed by atoms with Gasteiger partial charge in [0.2, 0.25) is 5.91 Å². The zero-order valence-corrected chi connectivity index (χ0v) is 16.6. The maximum absolute atomic E-state index is 12.5. The molecule has 0 bridgehead atoms. The van der Waals surface area contributed by atoms with Crippen molar-refractivity contribution in [3.05, 3.63) is 29.3 Å². The number of nitrogens with one attached hydrogen (secondary N) is 1. The van der Waals surface area contributed by atoms with Crippen molar-refractivity contribution >= 4 is 41.0 Å². The van der Waals surface area contributed by atoms with E-state index in [2.05, 4.69) is 10.2 Å². The molecule has 3 rings (SSSR count). The molecule has 0 saturated carbocycles. The monoisotopic (exact) mass is 396 g/mol. The molecular formula is C18H25ClN4O2S. The largest absolute Gasteiger partial charge is 0.368 e. The molecule has 8 heteroatoms. The van der Waals surface area contributed by atoms with Gasteiger partial charge in [-0.05, 0) is 31.2 Å². The lowest BCUT2D eigenvalue weighted by atomic mass is 10.2. The van der Waals surface area contributed by atoms with E-state index in [0.717, 1.165) is 48.4 Å². The molecule has 0 radical (unpaired) electrons. The van der Waals surface area contributed by atoms with Crippen LogP contribution in [0.2, 0.25) is 5.02 Å². The van der Waals surface area contributed by atoms with Gasteiger partial charge in [-0.15, -0.1) is 0 Å². The Morgan fingerprint density at radius 1 is 1.00 bits per heavy atom. The molecule has 2 heterocycles. The minimum absolute atomic E-state index is 0.0125. The molecule has 2 aliphatic rings. The highest BCUT2D eigenvalue weighted by atomic mass is 35.5. The van der Waals surface area contributed by atoms with Crippen LogP contribution in [0.5, 0.6) is 0 Å². The third-order valence-electron chi connectivity index (χ3n) is 4.79. The topological polar surface area (TPSA) is 55.9 Å². The zero-order valence-electron chi connectivity index (χ0n) is 15.0. The number of rotatable bonds is 3. The van der Waals surface area contributed by atoms with Gasteiger partial charge in [-0.1, -0.05) is 11.6 Å². The quantitative estimate of drug-likeness (QED) is 0.850. The summed E-state index contributed by atoms with van der Waals surface area (Å²) < 4.78 is 0. The Morgan fingerprint density at radius 3 is 2.23 bits per heavy atom. The summed E-state index contributed by atoms with van der Waals surface area (Å²) in [6.45, 7) is 6.10. The molecule has 0 aromatic heterocycles. The molecule has 1 N–H and O–H groups in total. The van der Waals surface area contributed by atoms with Crippen LogP contribution in [0.15, 0.2) is 24.3 Å². The van der Waals surface area contributed by atoms with E-state index in [1.165, 1.54) is 0 Å². The van der Waals surface area contributed by atoms with Gasteiger partial charge >= 0.3 is 6.03 Å². The van der Waals surface area contributed by atoms with Gasteiger partial charge < -0.3 is 20.0 Å². The van der Waals surface area contributed by atoms with Crippen LogP contribution in [0.25, 0.3) is 0 Å². The third kappa shape index (κ3) is 4.76. The van der Waals surface area contributed by atoms with E-state index in [9.17, 15) is 9.59 Å². The Hall–Kier alpha value is -1.60. The number of benzene rings is 1. The van der Waals surface area contributed by atoms with Crippen molar-refractivity contribution in [2.45, 2.75) is 13.0 Å². The van der Waals surface area contributed by atoms with E-state index in [-0.39, 0.29) is 11.9 Å². The highest BCUT2D eigenvalue weighted by Gasteiger charge is 2.27. The number of hydrogen-bond acceptors (Lipinski definition) is 4. The lowest BCUT2D eigenvalue weighted by molar-refractivity contribution is -0.132. The number of thioether (sulfide) groups is 1. The second-order valence-electron chi connectivity index (χ2n) is 6.56. The summed E-state index contributed by atoms with van der Waals surface area (Å²) in [7, 11) is 0. The lowest BCUT2D eigenvalue weighted by Crippen LogP contribution is -2.56. The molecule has 1 atom stereocenters. The van der Waals surface area contributed by atoms with Crippen molar-refractivity contribution in [1.82, 2.24) is 15.1 Å². The number of nitrogens with zero attached hydrogens (tertiary/aromatic N) is 3. The maximum Gasteiger partial charge on any atom is 0.318 e. The third-order valence-corrected chi connectivity index (χ3v) is 5.99. The normalized spacial score (nSPS) is 19.2. The summed E-state index contributed by atoms with van der Waals surface area (Å²) >= 11 is 7.80. The first-order valence-corrected chi connectivity index (χ1v) is 10.5. The van der Waals surface area contributed by atoms with Crippen LogP contribution in [0.3, 0.4) is 0 Å². The van der Waals surface area contributed by atoms with Crippen LogP contribution in [0.1, 0.15) is 6.92 Å². The summed E-state index contributed by atoms with van der Waals surface area (Å²) in [6, 6.07) is 7.10. The number of piperazine rings is 1. The molecule has 0 aliphatic carbocycles. The first-order chi connectivity index (χ1) is 12.5. The average Bonchev–Trinajstić information content (AvgIpc) is 2.68. The van der Waals surface area contributed by atoms with Crippen molar-refractivity contribution in [2.24, 2.45) is 0 Å². The molecule has 2 saturated heterocycles. The Balaban J connectivity index is 1.47. The maximum atomic E-state index is 12.5. The van der Waals surface area contributed by atoms with Gasteiger partial charge in [-0.25, -0.2) is 4.79 Å². The van der Waals surface area contributed by atoms with Crippen LogP contribution in [-0.2, 0) is 4.79 Å². The number of urea groups is 1. The smallest absolute Gasteiger partial charge is 0.318 e. The Kier molecular flexibility index (Phi) is 6.53. The first kappa shape index (κ1) is 19.2. The van der Waals surface area contributed by atoms with Crippen molar-refractivity contribution in [2.75, 3.05) is 55.7 Å². The summed E-state index contributed by atoms with van der Waals surface area (Å²) in [5.41, 5.74) is 1.11. The lowest BCUT2D eigenvalue weighted by Gasteiger charge is -2.37. The number of anilines is 1. The van der Waals surface area contributed by atoms with Crippen LogP contribution in [0, 0.1) is 0 Å². The van der Waals surface area contributed by atoms with Crippen molar-refractivity contribution in [3.63, 3.8) is 0 Å². The van der Waals surface area contributed by atoms with E-state index in [0.29, 0.717) is 13.1 Å². The fourth-order valence-electron chi connectivity index (χ4n) is 3.22. The van der Waals surface area contributed by atoms with Gasteiger partial charge in [0.05, 0.1) is 0 Å². The number of amides is 3. The molecule has 1 aromatic rings. The van der Waals surface area contributed by atoms with Crippen LogP contribution >= 0.6 is 23.4 Å². The molecule has 26 heavy (non-hydrogen) atoms. The number of carbonyl (C=O) groups is 2. The minimum atomic E-state index is -0.486. The van der Waals surface area contributed by atoms with Crippen LogP contribution < -0.4 is 10.2 Å². The van der Waals surface area contributed by atoms with E-state index in [1.807, 2.05) is 40.9 Å². The van der Waals surface area contributed by atoms with Gasteiger partial charge in [0.25, 0.3) is 0 Å². The molecule has 0 unspecified atom stereocenters. The molecule has 2 fully saturated rings. The van der Waals surface area contributed by atoms with Gasteiger partial charge in [0.15, 0.2) is 0 Å². The summed E-state index contributed by atoms with van der Waals surface area (Å²) in [5.74, 6) is 1.96. The van der Waals surface area contributed by atoms with Crippen LogP contribution in [0.4, 0.5) is 10.5 Å². The minimum Gasteiger partial charge on any atom is -0.368 e. The first-order valence-electron chi connectivity index (χ1n) is 8.97. The molecule has 142 valence electrons. The fraction of sp³-hybridized carbons (Fsp3) is 0.556. The Bertz CT molecular complexity index is 629. The predicted octanol–water partition coefficient (Wildman–Crippen LogP) is 2.14. The second kappa shape index (κ2) is 8.86. The van der Waals surface area contributed by atoms with Gasteiger partial charge in [-0.2, -0.15) is 11.8 Å². The molecule has 3 amide bonds. The van der Waals surface area contributed by atoms with E-state index in [1.54, 1.807) is 11.8 Å². The Labute approximate surface area is 163 Å². The Morgan fingerprint density at radius 2 is 1.62 bits per heavy atom. The van der Waals surface area contributed by atoms with E-state index >= 15 is 0 Å². The van der Waals surface area contributed by atoms with Gasteiger partial charge in [-0.3, -0.25) is 4.79 Å². The predicted molar refractivity (Wildman–Crippen MR) is 107 cm³/mol. The van der Waals surface area contributed by atoms with Crippen molar-refractivity contribution in [3.8, 4) is 0 Å². The van der Waals surface area contributed by atoms with E-state index < -0.39 is 6.04 Å². The van der Waals surface area contributed by atoms with Crippen molar-refractivity contribution < 1.29 is 9.59 Å².